The standard InChI is InChI=1S/C8H3F2IN2O/c9-8(10)5-2-13-6(3-14)7(11)4(5)1-12/h2-3,8H. The average Bonchev–Trinajstić information content (AvgIpc) is 2.17. The molecule has 0 unspecified atom stereocenters. The van der Waals surface area contributed by atoms with E-state index >= 15 is 0 Å². The third kappa shape index (κ3) is 1.87. The molecular formula is C8H3F2IN2O. The van der Waals surface area contributed by atoms with Crippen LogP contribution in [-0.2, 0) is 0 Å². The van der Waals surface area contributed by atoms with E-state index in [1.165, 1.54) is 0 Å². The van der Waals surface area contributed by atoms with Crippen molar-refractivity contribution in [3.05, 3.63) is 26.6 Å². The van der Waals surface area contributed by atoms with Gasteiger partial charge in [-0.05, 0) is 22.6 Å². The zero-order chi connectivity index (χ0) is 10.7. The molecule has 1 aromatic heterocycles. The Morgan fingerprint density at radius 3 is 2.71 bits per heavy atom. The molecule has 0 aliphatic carbocycles. The number of hydrogen-bond donors (Lipinski definition) is 0. The maximum atomic E-state index is 12.3. The second-order valence-electron chi connectivity index (χ2n) is 2.32. The van der Waals surface area contributed by atoms with E-state index in [-0.39, 0.29) is 14.8 Å². The van der Waals surface area contributed by atoms with Gasteiger partial charge in [0.1, 0.15) is 11.8 Å². The Morgan fingerprint density at radius 2 is 2.29 bits per heavy atom. The molecule has 1 aromatic rings. The number of nitrogens with zero attached hydrogens (tertiary/aromatic N) is 2. The maximum Gasteiger partial charge on any atom is 0.266 e. The van der Waals surface area contributed by atoms with E-state index < -0.39 is 12.0 Å². The monoisotopic (exact) mass is 308 g/mol. The van der Waals surface area contributed by atoms with E-state index in [4.69, 9.17) is 5.26 Å². The van der Waals surface area contributed by atoms with Crippen molar-refractivity contribution in [1.82, 2.24) is 4.98 Å². The molecule has 0 radical (unpaired) electrons. The molecule has 0 aliphatic rings. The summed E-state index contributed by atoms with van der Waals surface area (Å²) in [6.07, 6.45) is -1.47. The molecule has 0 saturated carbocycles. The van der Waals surface area contributed by atoms with Gasteiger partial charge in [0.2, 0.25) is 0 Å². The van der Waals surface area contributed by atoms with Crippen molar-refractivity contribution in [2.45, 2.75) is 6.43 Å². The third-order valence-corrected chi connectivity index (χ3v) is 2.63. The molecule has 0 atom stereocenters. The van der Waals surface area contributed by atoms with E-state index in [0.29, 0.717) is 6.29 Å². The quantitative estimate of drug-likeness (QED) is 0.622. The molecule has 0 saturated heterocycles. The number of carbonyl (C=O) groups is 1. The van der Waals surface area contributed by atoms with Crippen molar-refractivity contribution in [3.63, 3.8) is 0 Å². The van der Waals surface area contributed by atoms with Gasteiger partial charge in [-0.2, -0.15) is 5.26 Å². The topological polar surface area (TPSA) is 53.8 Å². The Labute approximate surface area is 91.9 Å². The molecular weight excluding hydrogens is 305 g/mol. The van der Waals surface area contributed by atoms with Crippen LogP contribution < -0.4 is 0 Å². The number of pyridine rings is 1. The van der Waals surface area contributed by atoms with Gasteiger partial charge in [-0.3, -0.25) is 9.78 Å². The van der Waals surface area contributed by atoms with Crippen LogP contribution in [0, 0.1) is 14.9 Å². The molecule has 6 heteroatoms. The Bertz CT molecular complexity index is 415. The highest BCUT2D eigenvalue weighted by Gasteiger charge is 2.18. The maximum absolute atomic E-state index is 12.3. The first-order valence-electron chi connectivity index (χ1n) is 3.43. The molecule has 0 bridgehead atoms. The average molecular weight is 308 g/mol. The second-order valence-corrected chi connectivity index (χ2v) is 3.40. The second kappa shape index (κ2) is 4.41. The van der Waals surface area contributed by atoms with Crippen LogP contribution in [0.2, 0.25) is 0 Å². The molecule has 3 nitrogen and oxygen atoms in total. The number of aromatic nitrogens is 1. The lowest BCUT2D eigenvalue weighted by Gasteiger charge is -2.04. The van der Waals surface area contributed by atoms with Crippen LogP contribution in [0.15, 0.2) is 6.20 Å². The van der Waals surface area contributed by atoms with E-state index in [0.717, 1.165) is 6.20 Å². The third-order valence-electron chi connectivity index (χ3n) is 1.53. The predicted molar refractivity (Wildman–Crippen MR) is 52.0 cm³/mol. The van der Waals surface area contributed by atoms with Gasteiger partial charge in [-0.1, -0.05) is 0 Å². The van der Waals surface area contributed by atoms with Crippen molar-refractivity contribution in [3.8, 4) is 6.07 Å². The fourth-order valence-electron chi connectivity index (χ4n) is 0.876. The van der Waals surface area contributed by atoms with Gasteiger partial charge in [0.25, 0.3) is 6.43 Å². The van der Waals surface area contributed by atoms with E-state index in [2.05, 4.69) is 4.98 Å². The van der Waals surface area contributed by atoms with Crippen molar-refractivity contribution >= 4 is 28.9 Å². The van der Waals surface area contributed by atoms with Gasteiger partial charge < -0.3 is 0 Å². The Morgan fingerprint density at radius 1 is 1.64 bits per heavy atom. The zero-order valence-corrected chi connectivity index (χ0v) is 8.83. The molecule has 0 spiro atoms. The summed E-state index contributed by atoms with van der Waals surface area (Å²) in [5, 5.41) is 8.64. The van der Waals surface area contributed by atoms with Crippen LogP contribution >= 0.6 is 22.6 Å². The minimum Gasteiger partial charge on any atom is -0.296 e. The van der Waals surface area contributed by atoms with Gasteiger partial charge in [0.15, 0.2) is 6.29 Å². The smallest absolute Gasteiger partial charge is 0.266 e. The number of halogens is 3. The Hall–Kier alpha value is -1.10. The summed E-state index contributed by atoms with van der Waals surface area (Å²) in [5.74, 6) is 0. The summed E-state index contributed by atoms with van der Waals surface area (Å²) in [5.41, 5.74) is -0.619. The van der Waals surface area contributed by atoms with Crippen LogP contribution in [0.3, 0.4) is 0 Å². The Balaban J connectivity index is 3.45. The zero-order valence-electron chi connectivity index (χ0n) is 6.67. The highest BCUT2D eigenvalue weighted by Crippen LogP contribution is 2.26. The summed E-state index contributed by atoms with van der Waals surface area (Å²) in [4.78, 5) is 13.9. The summed E-state index contributed by atoms with van der Waals surface area (Å²) in [6, 6.07) is 1.63. The molecule has 0 N–H and O–H groups in total. The van der Waals surface area contributed by atoms with Crippen LogP contribution in [0.25, 0.3) is 0 Å². The van der Waals surface area contributed by atoms with Crippen molar-refractivity contribution in [1.29, 1.82) is 5.26 Å². The van der Waals surface area contributed by atoms with E-state index in [1.54, 1.807) is 28.7 Å². The number of alkyl halides is 2. The first-order chi connectivity index (χ1) is 6.61. The largest absolute Gasteiger partial charge is 0.296 e. The minimum atomic E-state index is -2.76. The molecule has 0 aromatic carbocycles. The van der Waals surface area contributed by atoms with Gasteiger partial charge >= 0.3 is 0 Å². The minimum absolute atomic E-state index is 0.00606. The van der Waals surface area contributed by atoms with Crippen LogP contribution in [0.5, 0.6) is 0 Å². The van der Waals surface area contributed by atoms with E-state index in [1.807, 2.05) is 0 Å². The van der Waals surface area contributed by atoms with Crippen LogP contribution in [-0.4, -0.2) is 11.3 Å². The molecule has 0 fully saturated rings. The number of nitriles is 1. The number of carbonyl (C=O) groups excluding carboxylic acids is 1. The summed E-state index contributed by atoms with van der Waals surface area (Å²) in [6.45, 7) is 0. The SMILES string of the molecule is N#Cc1c(C(F)F)cnc(C=O)c1I. The van der Waals surface area contributed by atoms with Crippen molar-refractivity contribution in [2.75, 3.05) is 0 Å². The van der Waals surface area contributed by atoms with Gasteiger partial charge in [0, 0.05) is 6.20 Å². The lowest BCUT2D eigenvalue weighted by atomic mass is 10.1. The van der Waals surface area contributed by atoms with Gasteiger partial charge in [0.05, 0.1) is 14.7 Å². The fourth-order valence-corrected chi connectivity index (χ4v) is 1.57. The van der Waals surface area contributed by atoms with Crippen LogP contribution in [0.1, 0.15) is 28.0 Å². The molecule has 0 amide bonds. The highest BCUT2D eigenvalue weighted by atomic mass is 127. The lowest BCUT2D eigenvalue weighted by Crippen LogP contribution is -2.01. The summed E-state index contributed by atoms with van der Waals surface area (Å²) < 4.78 is 24.9. The Kier molecular flexibility index (Phi) is 3.46. The number of rotatable bonds is 2. The molecule has 72 valence electrons. The summed E-state index contributed by atoms with van der Waals surface area (Å²) >= 11 is 1.65. The lowest BCUT2D eigenvalue weighted by molar-refractivity contribution is 0.111. The van der Waals surface area contributed by atoms with Gasteiger partial charge in [-0.15, -0.1) is 0 Å². The van der Waals surface area contributed by atoms with Crippen molar-refractivity contribution in [2.24, 2.45) is 0 Å². The normalized spacial score (nSPS) is 9.93. The van der Waals surface area contributed by atoms with Crippen LogP contribution in [0.4, 0.5) is 8.78 Å². The highest BCUT2D eigenvalue weighted by molar-refractivity contribution is 14.1. The first-order valence-corrected chi connectivity index (χ1v) is 4.51. The number of aldehydes is 1. The fraction of sp³-hybridized carbons (Fsp3) is 0.125. The van der Waals surface area contributed by atoms with Gasteiger partial charge in [-0.25, -0.2) is 8.78 Å². The predicted octanol–water partition coefficient (Wildman–Crippen LogP) is 2.31. The molecule has 1 heterocycles. The molecule has 14 heavy (non-hydrogen) atoms. The first kappa shape index (κ1) is 11.0. The summed E-state index contributed by atoms with van der Waals surface area (Å²) in [7, 11) is 0. The number of hydrogen-bond acceptors (Lipinski definition) is 3. The van der Waals surface area contributed by atoms with E-state index in [9.17, 15) is 13.6 Å². The van der Waals surface area contributed by atoms with Crippen molar-refractivity contribution < 1.29 is 13.6 Å². The molecule has 1 rings (SSSR count). The molecule has 0 aliphatic heterocycles.